The molecule has 0 fully saturated rings. The molecule has 160 valence electrons. The maximum Gasteiger partial charge on any atom is 0.257 e. The molecule has 1 aromatic heterocycles. The number of thiophene rings is 1. The lowest BCUT2D eigenvalue weighted by Crippen LogP contribution is -2.32. The van der Waals surface area contributed by atoms with Gasteiger partial charge in [0.15, 0.2) is 0 Å². The summed E-state index contributed by atoms with van der Waals surface area (Å²) in [6.45, 7) is 5.42. The molecule has 2 amide bonds. The molecule has 5 heteroatoms. The number of carbonyl (C=O) groups is 2. The zero-order valence-corrected chi connectivity index (χ0v) is 18.9. The molecule has 1 aliphatic rings. The van der Waals surface area contributed by atoms with Crippen molar-refractivity contribution in [2.45, 2.75) is 39.7 Å². The second kappa shape index (κ2) is 9.48. The minimum Gasteiger partial charge on any atom is -0.334 e. The average Bonchev–Trinajstić information content (AvgIpc) is 3.14. The van der Waals surface area contributed by atoms with Gasteiger partial charge in [0.1, 0.15) is 5.00 Å². The van der Waals surface area contributed by atoms with Crippen LogP contribution in [0.1, 0.15) is 57.0 Å². The molecule has 3 aromatic rings. The summed E-state index contributed by atoms with van der Waals surface area (Å²) in [7, 11) is 0. The van der Waals surface area contributed by atoms with E-state index in [4.69, 9.17) is 0 Å². The fourth-order valence-electron chi connectivity index (χ4n) is 4.12. The number of fused-ring (bicyclic) bond motifs is 1. The molecule has 4 nitrogen and oxygen atoms in total. The predicted octanol–water partition coefficient (Wildman–Crippen LogP) is 5.79. The topological polar surface area (TPSA) is 49.4 Å². The van der Waals surface area contributed by atoms with Gasteiger partial charge in [0.25, 0.3) is 11.8 Å². The van der Waals surface area contributed by atoms with E-state index in [1.165, 1.54) is 4.88 Å². The lowest BCUT2D eigenvalue weighted by atomic mass is 9.88. The summed E-state index contributed by atoms with van der Waals surface area (Å²) < 4.78 is 0. The summed E-state index contributed by atoms with van der Waals surface area (Å²) in [5.41, 5.74) is 3.51. The highest BCUT2D eigenvalue weighted by atomic mass is 32.1. The van der Waals surface area contributed by atoms with Crippen molar-refractivity contribution < 1.29 is 9.59 Å². The number of benzene rings is 2. The molecule has 0 radical (unpaired) electrons. The monoisotopic (exact) mass is 432 g/mol. The van der Waals surface area contributed by atoms with E-state index in [0.717, 1.165) is 30.4 Å². The van der Waals surface area contributed by atoms with Crippen molar-refractivity contribution in [3.63, 3.8) is 0 Å². The third-order valence-corrected chi connectivity index (χ3v) is 7.04. The molecule has 1 heterocycles. The van der Waals surface area contributed by atoms with Gasteiger partial charge in [0.2, 0.25) is 0 Å². The first-order valence-corrected chi connectivity index (χ1v) is 11.7. The summed E-state index contributed by atoms with van der Waals surface area (Å²) in [6.07, 6.45) is 2.92. The van der Waals surface area contributed by atoms with E-state index >= 15 is 0 Å². The number of carbonyl (C=O) groups excluding carboxylic acids is 2. The zero-order chi connectivity index (χ0) is 21.8. The van der Waals surface area contributed by atoms with Crippen LogP contribution in [0.2, 0.25) is 0 Å². The highest BCUT2D eigenvalue weighted by Gasteiger charge is 2.30. The van der Waals surface area contributed by atoms with Crippen LogP contribution in [-0.4, -0.2) is 23.3 Å². The smallest absolute Gasteiger partial charge is 0.257 e. The van der Waals surface area contributed by atoms with Crippen LogP contribution in [-0.2, 0) is 19.4 Å². The Hall–Kier alpha value is -2.92. The second-order valence-electron chi connectivity index (χ2n) is 8.18. The SMILES string of the molecule is CCN(Cc1ccccc1)C(=O)c1c(NC(=O)c2ccccc2)sc2c1CCC(C)C2. The Morgan fingerprint density at radius 3 is 2.42 bits per heavy atom. The number of nitrogens with zero attached hydrogens (tertiary/aromatic N) is 1. The maximum atomic E-state index is 13.7. The molecule has 1 N–H and O–H groups in total. The van der Waals surface area contributed by atoms with Gasteiger partial charge in [-0.25, -0.2) is 0 Å². The van der Waals surface area contributed by atoms with Crippen molar-refractivity contribution in [2.75, 3.05) is 11.9 Å². The first-order valence-electron chi connectivity index (χ1n) is 10.9. The van der Waals surface area contributed by atoms with E-state index in [-0.39, 0.29) is 11.8 Å². The Bertz CT molecular complexity index is 1060. The molecular formula is C26H28N2O2S. The number of nitrogens with one attached hydrogen (secondary N) is 1. The summed E-state index contributed by atoms with van der Waals surface area (Å²) in [6, 6.07) is 19.2. The minimum atomic E-state index is -0.174. The van der Waals surface area contributed by atoms with Gasteiger partial charge >= 0.3 is 0 Å². The molecular weight excluding hydrogens is 404 g/mol. The molecule has 4 rings (SSSR count). The van der Waals surface area contributed by atoms with Gasteiger partial charge in [-0.1, -0.05) is 55.5 Å². The molecule has 1 unspecified atom stereocenters. The Balaban J connectivity index is 1.67. The molecule has 0 saturated carbocycles. The van der Waals surface area contributed by atoms with Crippen molar-refractivity contribution in [1.29, 1.82) is 0 Å². The standard InChI is InChI=1S/C26H28N2O2S/c1-3-28(17-19-10-6-4-7-11-19)26(30)23-21-15-14-18(2)16-22(21)31-25(23)27-24(29)20-12-8-5-9-13-20/h4-13,18H,3,14-17H2,1-2H3,(H,27,29). The summed E-state index contributed by atoms with van der Waals surface area (Å²) >= 11 is 1.57. The molecule has 0 bridgehead atoms. The van der Waals surface area contributed by atoms with E-state index in [9.17, 15) is 9.59 Å². The Kier molecular flexibility index (Phi) is 6.52. The van der Waals surface area contributed by atoms with E-state index in [1.807, 2.05) is 60.4 Å². The number of hydrogen-bond donors (Lipinski definition) is 1. The highest BCUT2D eigenvalue weighted by Crippen LogP contribution is 2.40. The van der Waals surface area contributed by atoms with Crippen LogP contribution in [0.5, 0.6) is 0 Å². The Morgan fingerprint density at radius 1 is 1.06 bits per heavy atom. The van der Waals surface area contributed by atoms with Crippen LogP contribution in [0, 0.1) is 5.92 Å². The van der Waals surface area contributed by atoms with Gasteiger partial charge in [-0.2, -0.15) is 0 Å². The van der Waals surface area contributed by atoms with Gasteiger partial charge in [-0.15, -0.1) is 11.3 Å². The lowest BCUT2D eigenvalue weighted by Gasteiger charge is -2.24. The molecule has 31 heavy (non-hydrogen) atoms. The van der Waals surface area contributed by atoms with Gasteiger partial charge < -0.3 is 10.2 Å². The number of rotatable bonds is 6. The average molecular weight is 433 g/mol. The van der Waals surface area contributed by atoms with E-state index in [0.29, 0.717) is 35.1 Å². The zero-order valence-electron chi connectivity index (χ0n) is 18.1. The van der Waals surface area contributed by atoms with Crippen molar-refractivity contribution >= 4 is 28.2 Å². The predicted molar refractivity (Wildman–Crippen MR) is 127 cm³/mol. The molecule has 1 atom stereocenters. The van der Waals surface area contributed by atoms with Gasteiger partial charge in [0.05, 0.1) is 5.56 Å². The van der Waals surface area contributed by atoms with Crippen LogP contribution >= 0.6 is 11.3 Å². The van der Waals surface area contributed by atoms with Crippen molar-refractivity contribution in [2.24, 2.45) is 5.92 Å². The Labute approximate surface area is 187 Å². The van der Waals surface area contributed by atoms with Crippen LogP contribution in [0.25, 0.3) is 0 Å². The first kappa shape index (κ1) is 21.3. The van der Waals surface area contributed by atoms with Crippen LogP contribution in [0.3, 0.4) is 0 Å². The highest BCUT2D eigenvalue weighted by molar-refractivity contribution is 7.17. The number of amides is 2. The van der Waals surface area contributed by atoms with Gasteiger partial charge in [-0.3, -0.25) is 9.59 Å². The quantitative estimate of drug-likeness (QED) is 0.536. The minimum absolute atomic E-state index is 0.00164. The maximum absolute atomic E-state index is 13.7. The van der Waals surface area contributed by atoms with Crippen molar-refractivity contribution in [3.8, 4) is 0 Å². The lowest BCUT2D eigenvalue weighted by molar-refractivity contribution is 0.0752. The summed E-state index contributed by atoms with van der Waals surface area (Å²) in [5, 5.41) is 3.74. The summed E-state index contributed by atoms with van der Waals surface area (Å²) in [4.78, 5) is 29.7. The third kappa shape index (κ3) is 4.72. The fraction of sp³-hybridized carbons (Fsp3) is 0.308. The molecule has 0 saturated heterocycles. The molecule has 2 aromatic carbocycles. The van der Waals surface area contributed by atoms with E-state index in [1.54, 1.807) is 23.5 Å². The molecule has 0 aliphatic heterocycles. The van der Waals surface area contributed by atoms with Gasteiger partial charge in [-0.05, 0) is 55.4 Å². The first-order chi connectivity index (χ1) is 15.1. The summed E-state index contributed by atoms with van der Waals surface area (Å²) in [5.74, 6) is 0.424. The largest absolute Gasteiger partial charge is 0.334 e. The van der Waals surface area contributed by atoms with Crippen LogP contribution < -0.4 is 5.32 Å². The molecule has 1 aliphatic carbocycles. The van der Waals surface area contributed by atoms with E-state index < -0.39 is 0 Å². The van der Waals surface area contributed by atoms with Crippen molar-refractivity contribution in [3.05, 3.63) is 87.8 Å². The third-order valence-electron chi connectivity index (χ3n) is 5.87. The van der Waals surface area contributed by atoms with E-state index in [2.05, 4.69) is 12.2 Å². The number of hydrogen-bond acceptors (Lipinski definition) is 3. The van der Waals surface area contributed by atoms with Crippen LogP contribution in [0.15, 0.2) is 60.7 Å². The fourth-order valence-corrected chi connectivity index (χ4v) is 5.52. The Morgan fingerprint density at radius 2 is 1.74 bits per heavy atom. The number of anilines is 1. The molecule has 0 spiro atoms. The second-order valence-corrected chi connectivity index (χ2v) is 9.29. The van der Waals surface area contributed by atoms with Crippen molar-refractivity contribution in [1.82, 2.24) is 4.90 Å². The normalized spacial score (nSPS) is 15.2. The van der Waals surface area contributed by atoms with Crippen LogP contribution in [0.4, 0.5) is 5.00 Å². The van der Waals surface area contributed by atoms with Gasteiger partial charge in [0, 0.05) is 23.5 Å².